The Morgan fingerprint density at radius 3 is 2.50 bits per heavy atom. The standard InChI is InChI=1S/C13H20N2O/c1-14-8-10-15(11-9-14)12-4-3-5-13(16-2)7-6-12/h4-7H,3,8-11H2,1-2H3. The van der Waals surface area contributed by atoms with E-state index < -0.39 is 0 Å². The molecule has 1 fully saturated rings. The topological polar surface area (TPSA) is 15.7 Å². The van der Waals surface area contributed by atoms with Crippen molar-refractivity contribution < 1.29 is 4.74 Å². The molecule has 0 N–H and O–H groups in total. The Kier molecular flexibility index (Phi) is 3.67. The van der Waals surface area contributed by atoms with E-state index >= 15 is 0 Å². The van der Waals surface area contributed by atoms with Crippen molar-refractivity contribution in [1.82, 2.24) is 9.80 Å². The van der Waals surface area contributed by atoms with Crippen molar-refractivity contribution in [3.8, 4) is 0 Å². The zero-order valence-electron chi connectivity index (χ0n) is 10.1. The first-order valence-electron chi connectivity index (χ1n) is 5.85. The lowest BCUT2D eigenvalue weighted by Crippen LogP contribution is -2.43. The molecule has 88 valence electrons. The first kappa shape index (κ1) is 11.3. The van der Waals surface area contributed by atoms with E-state index in [1.807, 2.05) is 0 Å². The summed E-state index contributed by atoms with van der Waals surface area (Å²) in [4.78, 5) is 4.82. The van der Waals surface area contributed by atoms with Crippen LogP contribution in [0.2, 0.25) is 0 Å². The molecule has 2 aliphatic rings. The van der Waals surface area contributed by atoms with Crippen LogP contribution in [-0.4, -0.2) is 50.1 Å². The molecule has 1 saturated heterocycles. The molecule has 1 aliphatic carbocycles. The van der Waals surface area contributed by atoms with Crippen molar-refractivity contribution in [2.45, 2.75) is 6.42 Å². The van der Waals surface area contributed by atoms with Crippen LogP contribution in [0.3, 0.4) is 0 Å². The molecule has 0 unspecified atom stereocenters. The molecule has 0 amide bonds. The molecule has 0 bridgehead atoms. The SMILES string of the molecule is COC1=CCC=C(N2CCN(C)CC2)C=C1. The summed E-state index contributed by atoms with van der Waals surface area (Å²) in [6.45, 7) is 4.54. The van der Waals surface area contributed by atoms with Gasteiger partial charge in [0.2, 0.25) is 0 Å². The van der Waals surface area contributed by atoms with E-state index in [1.165, 1.54) is 5.70 Å². The predicted octanol–water partition coefficient (Wildman–Crippen LogP) is 1.61. The van der Waals surface area contributed by atoms with Gasteiger partial charge in [0.15, 0.2) is 0 Å². The Morgan fingerprint density at radius 2 is 1.81 bits per heavy atom. The number of hydrogen-bond acceptors (Lipinski definition) is 3. The van der Waals surface area contributed by atoms with Gasteiger partial charge in [0, 0.05) is 31.9 Å². The molecule has 0 saturated carbocycles. The third kappa shape index (κ3) is 2.67. The van der Waals surface area contributed by atoms with E-state index in [0.29, 0.717) is 0 Å². The van der Waals surface area contributed by atoms with Gasteiger partial charge in [-0.15, -0.1) is 0 Å². The van der Waals surface area contributed by atoms with Gasteiger partial charge in [-0.1, -0.05) is 6.08 Å². The van der Waals surface area contributed by atoms with Crippen molar-refractivity contribution in [2.24, 2.45) is 0 Å². The van der Waals surface area contributed by atoms with E-state index in [1.54, 1.807) is 7.11 Å². The highest BCUT2D eigenvalue weighted by atomic mass is 16.5. The fraction of sp³-hybridized carbons (Fsp3) is 0.538. The van der Waals surface area contributed by atoms with Crippen LogP contribution in [0.5, 0.6) is 0 Å². The summed E-state index contributed by atoms with van der Waals surface area (Å²) >= 11 is 0. The second-order valence-corrected chi connectivity index (χ2v) is 4.30. The molecule has 3 heteroatoms. The molecule has 0 aromatic rings. The van der Waals surface area contributed by atoms with Crippen molar-refractivity contribution in [2.75, 3.05) is 40.3 Å². The summed E-state index contributed by atoms with van der Waals surface area (Å²) in [7, 11) is 3.90. The lowest BCUT2D eigenvalue weighted by Gasteiger charge is -2.34. The monoisotopic (exact) mass is 220 g/mol. The third-order valence-corrected chi connectivity index (χ3v) is 3.17. The summed E-state index contributed by atoms with van der Waals surface area (Å²) in [5, 5.41) is 0. The summed E-state index contributed by atoms with van der Waals surface area (Å²) in [6.07, 6.45) is 9.55. The molecule has 1 aliphatic heterocycles. The lowest BCUT2D eigenvalue weighted by molar-refractivity contribution is 0.190. The number of ether oxygens (including phenoxy) is 1. The zero-order valence-corrected chi connectivity index (χ0v) is 10.1. The number of likely N-dealkylation sites (N-methyl/N-ethyl adjacent to an activating group) is 1. The van der Waals surface area contributed by atoms with Gasteiger partial charge in [0.25, 0.3) is 0 Å². The highest BCUT2D eigenvalue weighted by Crippen LogP contribution is 2.16. The average molecular weight is 220 g/mol. The van der Waals surface area contributed by atoms with Gasteiger partial charge in [-0.25, -0.2) is 0 Å². The maximum absolute atomic E-state index is 5.24. The minimum atomic E-state index is 0.956. The van der Waals surface area contributed by atoms with Crippen molar-refractivity contribution >= 4 is 0 Å². The van der Waals surface area contributed by atoms with Crippen LogP contribution in [-0.2, 0) is 4.74 Å². The fourth-order valence-corrected chi connectivity index (χ4v) is 2.05. The van der Waals surface area contributed by atoms with Crippen molar-refractivity contribution in [3.63, 3.8) is 0 Å². The smallest absolute Gasteiger partial charge is 0.115 e. The Bertz CT molecular complexity index is 323. The molecular weight excluding hydrogens is 200 g/mol. The van der Waals surface area contributed by atoms with Gasteiger partial charge < -0.3 is 14.5 Å². The maximum Gasteiger partial charge on any atom is 0.115 e. The van der Waals surface area contributed by atoms with Crippen LogP contribution in [0.25, 0.3) is 0 Å². The van der Waals surface area contributed by atoms with Gasteiger partial charge in [0.05, 0.1) is 7.11 Å². The quantitative estimate of drug-likeness (QED) is 0.703. The second kappa shape index (κ2) is 5.21. The molecule has 0 radical (unpaired) electrons. The van der Waals surface area contributed by atoms with E-state index in [9.17, 15) is 0 Å². The van der Waals surface area contributed by atoms with Gasteiger partial charge in [-0.3, -0.25) is 0 Å². The second-order valence-electron chi connectivity index (χ2n) is 4.30. The molecule has 0 aromatic carbocycles. The van der Waals surface area contributed by atoms with Gasteiger partial charge in [0.1, 0.15) is 5.76 Å². The highest BCUT2D eigenvalue weighted by molar-refractivity contribution is 5.29. The van der Waals surface area contributed by atoms with Crippen LogP contribution >= 0.6 is 0 Å². The summed E-state index contributed by atoms with van der Waals surface area (Å²) < 4.78 is 5.24. The minimum absolute atomic E-state index is 0.956. The molecule has 0 atom stereocenters. The molecule has 16 heavy (non-hydrogen) atoms. The largest absolute Gasteiger partial charge is 0.497 e. The van der Waals surface area contributed by atoms with Gasteiger partial charge >= 0.3 is 0 Å². The zero-order chi connectivity index (χ0) is 11.4. The summed E-state index contributed by atoms with van der Waals surface area (Å²) in [5.41, 5.74) is 1.33. The van der Waals surface area contributed by atoms with Gasteiger partial charge in [-0.05, 0) is 31.7 Å². The van der Waals surface area contributed by atoms with E-state index in [2.05, 4.69) is 41.2 Å². The number of allylic oxidation sites excluding steroid dienone is 4. The first-order valence-corrected chi connectivity index (χ1v) is 5.85. The Labute approximate surface area is 97.7 Å². The van der Waals surface area contributed by atoms with Crippen LogP contribution in [0.1, 0.15) is 6.42 Å². The molecular formula is C13H20N2O. The van der Waals surface area contributed by atoms with E-state index in [-0.39, 0.29) is 0 Å². The van der Waals surface area contributed by atoms with E-state index in [4.69, 9.17) is 4.74 Å². The van der Waals surface area contributed by atoms with E-state index in [0.717, 1.165) is 38.4 Å². The number of hydrogen-bond donors (Lipinski definition) is 0. The maximum atomic E-state index is 5.24. The highest BCUT2D eigenvalue weighted by Gasteiger charge is 2.15. The molecule has 0 spiro atoms. The Balaban J connectivity index is 1.98. The number of piperazine rings is 1. The fourth-order valence-electron chi connectivity index (χ4n) is 2.05. The Morgan fingerprint density at radius 1 is 1.06 bits per heavy atom. The number of rotatable bonds is 2. The predicted molar refractivity (Wildman–Crippen MR) is 66.0 cm³/mol. The summed E-state index contributed by atoms with van der Waals surface area (Å²) in [5.74, 6) is 0.959. The minimum Gasteiger partial charge on any atom is -0.497 e. The van der Waals surface area contributed by atoms with Crippen LogP contribution in [0.15, 0.2) is 35.8 Å². The summed E-state index contributed by atoms with van der Waals surface area (Å²) in [6, 6.07) is 0. The van der Waals surface area contributed by atoms with Crippen molar-refractivity contribution in [3.05, 3.63) is 35.8 Å². The molecule has 3 nitrogen and oxygen atoms in total. The molecule has 1 heterocycles. The van der Waals surface area contributed by atoms with Crippen molar-refractivity contribution in [1.29, 1.82) is 0 Å². The normalized spacial score (nSPS) is 22.5. The van der Waals surface area contributed by atoms with Crippen LogP contribution in [0, 0.1) is 0 Å². The number of methoxy groups -OCH3 is 1. The van der Waals surface area contributed by atoms with Crippen LogP contribution < -0.4 is 0 Å². The first-order chi connectivity index (χ1) is 7.79. The lowest BCUT2D eigenvalue weighted by atomic mass is 10.2. The van der Waals surface area contributed by atoms with Crippen LogP contribution in [0.4, 0.5) is 0 Å². The molecule has 0 aromatic heterocycles. The Hall–Kier alpha value is -1.22. The third-order valence-electron chi connectivity index (χ3n) is 3.17. The van der Waals surface area contributed by atoms with Gasteiger partial charge in [-0.2, -0.15) is 0 Å². The number of nitrogens with zero attached hydrogens (tertiary/aromatic N) is 2. The average Bonchev–Trinajstić information content (AvgIpc) is 2.55. The molecule has 2 rings (SSSR count).